The van der Waals surface area contributed by atoms with Gasteiger partial charge in [0.15, 0.2) is 0 Å². The van der Waals surface area contributed by atoms with E-state index in [-0.39, 0.29) is 11.9 Å². The Kier molecular flexibility index (Phi) is 4.04. The lowest BCUT2D eigenvalue weighted by atomic mass is 10.1. The predicted molar refractivity (Wildman–Crippen MR) is 71.7 cm³/mol. The summed E-state index contributed by atoms with van der Waals surface area (Å²) >= 11 is 0. The molecule has 4 N–H and O–H groups in total. The Bertz CT molecular complexity index is 428. The van der Waals surface area contributed by atoms with E-state index >= 15 is 0 Å². The molecule has 18 heavy (non-hydrogen) atoms. The van der Waals surface area contributed by atoms with Crippen molar-refractivity contribution in [3.8, 4) is 0 Å². The molecule has 0 spiro atoms. The van der Waals surface area contributed by atoms with Gasteiger partial charge in [-0.1, -0.05) is 0 Å². The van der Waals surface area contributed by atoms with Crippen LogP contribution in [-0.4, -0.2) is 31.7 Å². The monoisotopic (exact) mass is 249 g/mol. The molecule has 0 aliphatic carbocycles. The fourth-order valence-electron chi connectivity index (χ4n) is 1.95. The van der Waals surface area contributed by atoms with Crippen molar-refractivity contribution in [1.29, 1.82) is 0 Å². The third-order valence-electron chi connectivity index (χ3n) is 2.94. The number of nitrogens with two attached hydrogens (primary N) is 1. The number of nitrogens with one attached hydrogen (secondary N) is 2. The first-order valence-corrected chi connectivity index (χ1v) is 6.22. The molecule has 5 nitrogen and oxygen atoms in total. The predicted octanol–water partition coefficient (Wildman–Crippen LogP) is 1.22. The first-order chi connectivity index (χ1) is 8.70. The number of anilines is 2. The van der Waals surface area contributed by atoms with Crippen LogP contribution < -0.4 is 16.4 Å². The molecule has 0 bridgehead atoms. The van der Waals surface area contributed by atoms with E-state index in [0.717, 1.165) is 18.7 Å². The summed E-state index contributed by atoms with van der Waals surface area (Å²) in [6.07, 6.45) is 0.963. The molecule has 1 saturated heterocycles. The van der Waals surface area contributed by atoms with Crippen molar-refractivity contribution in [3.05, 3.63) is 23.8 Å². The maximum Gasteiger partial charge on any atom is 0.251 e. The summed E-state index contributed by atoms with van der Waals surface area (Å²) in [4.78, 5) is 11.7. The molecular formula is C13H19N3O2. The zero-order valence-corrected chi connectivity index (χ0v) is 10.5. The number of benzene rings is 1. The fraction of sp³-hybridized carbons (Fsp3) is 0.462. The molecule has 1 aromatic rings. The molecule has 5 heteroatoms. The summed E-state index contributed by atoms with van der Waals surface area (Å²) in [5.41, 5.74) is 7.97. The van der Waals surface area contributed by atoms with Crippen LogP contribution in [0, 0.1) is 0 Å². The van der Waals surface area contributed by atoms with Gasteiger partial charge >= 0.3 is 0 Å². The second kappa shape index (κ2) is 5.73. The van der Waals surface area contributed by atoms with Crippen molar-refractivity contribution in [1.82, 2.24) is 5.32 Å². The van der Waals surface area contributed by atoms with Crippen molar-refractivity contribution in [2.24, 2.45) is 0 Å². The highest BCUT2D eigenvalue weighted by Gasteiger charge is 2.16. The van der Waals surface area contributed by atoms with E-state index in [0.29, 0.717) is 24.4 Å². The molecule has 1 aliphatic heterocycles. The third kappa shape index (κ3) is 2.92. The molecule has 2 rings (SSSR count). The maximum absolute atomic E-state index is 11.7. The van der Waals surface area contributed by atoms with Crippen LogP contribution in [0.1, 0.15) is 23.7 Å². The van der Waals surface area contributed by atoms with Gasteiger partial charge in [-0.2, -0.15) is 0 Å². The van der Waals surface area contributed by atoms with E-state index in [1.165, 1.54) is 0 Å². The Morgan fingerprint density at radius 1 is 1.56 bits per heavy atom. The molecule has 1 aromatic carbocycles. The van der Waals surface area contributed by atoms with Crippen LogP contribution in [0.5, 0.6) is 0 Å². The van der Waals surface area contributed by atoms with E-state index in [9.17, 15) is 4.79 Å². The second-order valence-electron chi connectivity index (χ2n) is 4.37. The smallest absolute Gasteiger partial charge is 0.251 e. The van der Waals surface area contributed by atoms with Gasteiger partial charge in [-0.3, -0.25) is 4.79 Å². The van der Waals surface area contributed by atoms with Crippen molar-refractivity contribution >= 4 is 17.3 Å². The normalized spacial score (nSPS) is 18.6. The molecule has 1 fully saturated rings. The lowest BCUT2D eigenvalue weighted by Gasteiger charge is -2.15. The molecule has 1 amide bonds. The average molecular weight is 249 g/mol. The minimum atomic E-state index is -0.0804. The summed E-state index contributed by atoms with van der Waals surface area (Å²) in [5.74, 6) is -0.0804. The van der Waals surface area contributed by atoms with Crippen molar-refractivity contribution in [3.63, 3.8) is 0 Å². The van der Waals surface area contributed by atoms with E-state index < -0.39 is 0 Å². The number of hydrogen-bond donors (Lipinski definition) is 3. The Hall–Kier alpha value is -1.75. The van der Waals surface area contributed by atoms with Gasteiger partial charge in [0.05, 0.1) is 24.0 Å². The summed E-state index contributed by atoms with van der Waals surface area (Å²) in [6.45, 7) is 3.96. The van der Waals surface area contributed by atoms with Crippen LogP contribution in [-0.2, 0) is 4.74 Å². The summed E-state index contributed by atoms with van der Waals surface area (Å²) < 4.78 is 5.30. The van der Waals surface area contributed by atoms with Gasteiger partial charge in [0.25, 0.3) is 5.91 Å². The van der Waals surface area contributed by atoms with Crippen LogP contribution in [0.25, 0.3) is 0 Å². The number of nitrogen functional groups attached to an aromatic ring is 1. The highest BCUT2D eigenvalue weighted by Crippen LogP contribution is 2.22. The highest BCUT2D eigenvalue weighted by atomic mass is 16.5. The van der Waals surface area contributed by atoms with E-state index in [1.807, 2.05) is 6.92 Å². The Morgan fingerprint density at radius 3 is 3.06 bits per heavy atom. The zero-order valence-electron chi connectivity index (χ0n) is 10.5. The van der Waals surface area contributed by atoms with E-state index in [4.69, 9.17) is 10.5 Å². The largest absolute Gasteiger partial charge is 0.397 e. The van der Waals surface area contributed by atoms with Crippen LogP contribution >= 0.6 is 0 Å². The minimum absolute atomic E-state index is 0.0804. The number of ether oxygens (including phenoxy) is 1. The standard InChI is InChI=1S/C13H19N3O2/c1-2-15-13(17)9-3-4-11(14)12(7-9)16-10-5-6-18-8-10/h3-4,7,10,16H,2,5-6,8,14H2,1H3,(H,15,17). The number of amides is 1. The minimum Gasteiger partial charge on any atom is -0.397 e. The zero-order chi connectivity index (χ0) is 13.0. The second-order valence-corrected chi connectivity index (χ2v) is 4.37. The Balaban J connectivity index is 2.12. The molecule has 1 unspecified atom stereocenters. The van der Waals surface area contributed by atoms with Crippen molar-refractivity contribution < 1.29 is 9.53 Å². The SMILES string of the molecule is CCNC(=O)c1ccc(N)c(NC2CCOC2)c1. The van der Waals surface area contributed by atoms with Crippen LogP contribution in [0.15, 0.2) is 18.2 Å². The molecule has 1 aliphatic rings. The fourth-order valence-corrected chi connectivity index (χ4v) is 1.95. The molecule has 0 saturated carbocycles. The summed E-state index contributed by atoms with van der Waals surface area (Å²) in [7, 11) is 0. The van der Waals surface area contributed by atoms with Crippen molar-refractivity contribution in [2.75, 3.05) is 30.8 Å². The number of carbonyl (C=O) groups excluding carboxylic acids is 1. The average Bonchev–Trinajstić information content (AvgIpc) is 2.85. The van der Waals surface area contributed by atoms with Gasteiger partial charge in [-0.05, 0) is 31.5 Å². The number of hydrogen-bond acceptors (Lipinski definition) is 4. The molecule has 0 aromatic heterocycles. The molecule has 0 radical (unpaired) electrons. The number of rotatable bonds is 4. The van der Waals surface area contributed by atoms with Gasteiger partial charge in [-0.25, -0.2) is 0 Å². The van der Waals surface area contributed by atoms with Crippen molar-refractivity contribution in [2.45, 2.75) is 19.4 Å². The lowest BCUT2D eigenvalue weighted by Crippen LogP contribution is -2.24. The van der Waals surface area contributed by atoms with Gasteiger partial charge in [0.1, 0.15) is 0 Å². The molecule has 1 heterocycles. The van der Waals surface area contributed by atoms with E-state index in [1.54, 1.807) is 18.2 Å². The van der Waals surface area contributed by atoms with Gasteiger partial charge < -0.3 is 21.1 Å². The summed E-state index contributed by atoms with van der Waals surface area (Å²) in [5, 5.41) is 6.09. The molecule has 98 valence electrons. The van der Waals surface area contributed by atoms with Gasteiger partial charge in [0.2, 0.25) is 0 Å². The maximum atomic E-state index is 11.7. The highest BCUT2D eigenvalue weighted by molar-refractivity contribution is 5.96. The van der Waals surface area contributed by atoms with Gasteiger partial charge in [-0.15, -0.1) is 0 Å². The third-order valence-corrected chi connectivity index (χ3v) is 2.94. The Labute approximate surface area is 107 Å². The van der Waals surface area contributed by atoms with Crippen LogP contribution in [0.4, 0.5) is 11.4 Å². The van der Waals surface area contributed by atoms with Crippen LogP contribution in [0.3, 0.4) is 0 Å². The lowest BCUT2D eigenvalue weighted by molar-refractivity contribution is 0.0956. The summed E-state index contributed by atoms with van der Waals surface area (Å²) in [6, 6.07) is 5.55. The first-order valence-electron chi connectivity index (χ1n) is 6.22. The first kappa shape index (κ1) is 12.7. The molecule has 1 atom stereocenters. The van der Waals surface area contributed by atoms with Gasteiger partial charge in [0, 0.05) is 18.7 Å². The van der Waals surface area contributed by atoms with Crippen LogP contribution in [0.2, 0.25) is 0 Å². The topological polar surface area (TPSA) is 76.4 Å². The number of carbonyl (C=O) groups is 1. The van der Waals surface area contributed by atoms with E-state index in [2.05, 4.69) is 10.6 Å². The Morgan fingerprint density at radius 2 is 2.39 bits per heavy atom. The molecular weight excluding hydrogens is 230 g/mol. The quantitative estimate of drug-likeness (QED) is 0.701.